The van der Waals surface area contributed by atoms with Gasteiger partial charge in [0.2, 0.25) is 0 Å². The Kier molecular flexibility index (Phi) is 2.15. The van der Waals surface area contributed by atoms with Gasteiger partial charge in [0, 0.05) is 6.42 Å². The first-order valence-electron chi connectivity index (χ1n) is 3.72. The van der Waals surface area contributed by atoms with Crippen LogP contribution in [0.4, 0.5) is 0 Å². The molecule has 0 aromatic rings. The Labute approximate surface area is 56.7 Å². The number of hydrogen-bond acceptors (Lipinski definition) is 1. The van der Waals surface area contributed by atoms with E-state index in [0.717, 1.165) is 5.76 Å². The van der Waals surface area contributed by atoms with Crippen molar-refractivity contribution in [2.75, 3.05) is 0 Å². The maximum Gasteiger partial charge on any atom is 0.142 e. The third-order valence-electron chi connectivity index (χ3n) is 1.63. The maximum absolute atomic E-state index is 5.10. The third-order valence-corrected chi connectivity index (χ3v) is 1.63. The standard InChI is InChI=1S/C8H14O/c1-3-4-5-6-8-7(2)9-8/h3-6H2,1-2H3. The molecule has 0 aromatic carbocycles. The van der Waals surface area contributed by atoms with E-state index in [1.807, 2.05) is 6.92 Å². The average Bonchev–Trinajstić information content (AvgIpc) is 2.48. The van der Waals surface area contributed by atoms with E-state index >= 15 is 0 Å². The van der Waals surface area contributed by atoms with Crippen LogP contribution >= 0.6 is 0 Å². The lowest BCUT2D eigenvalue weighted by Crippen LogP contribution is -1.71. The van der Waals surface area contributed by atoms with Crippen molar-refractivity contribution in [3.63, 3.8) is 0 Å². The number of allylic oxidation sites excluding steroid dienone is 2. The Hall–Kier alpha value is -0.460. The van der Waals surface area contributed by atoms with Gasteiger partial charge < -0.3 is 4.74 Å². The minimum atomic E-state index is 1.16. The summed E-state index contributed by atoms with van der Waals surface area (Å²) in [4.78, 5) is 0. The highest BCUT2D eigenvalue weighted by molar-refractivity contribution is 5.14. The zero-order chi connectivity index (χ0) is 6.69. The van der Waals surface area contributed by atoms with Gasteiger partial charge in [-0.2, -0.15) is 0 Å². The van der Waals surface area contributed by atoms with E-state index in [4.69, 9.17) is 4.74 Å². The van der Waals surface area contributed by atoms with E-state index in [1.165, 1.54) is 31.4 Å². The second kappa shape index (κ2) is 2.90. The van der Waals surface area contributed by atoms with Crippen molar-refractivity contribution < 1.29 is 4.74 Å². The van der Waals surface area contributed by atoms with Gasteiger partial charge in [0.25, 0.3) is 0 Å². The number of ether oxygens (including phenoxy) is 1. The molecule has 0 saturated heterocycles. The van der Waals surface area contributed by atoms with E-state index < -0.39 is 0 Å². The third kappa shape index (κ3) is 2.08. The van der Waals surface area contributed by atoms with Crippen LogP contribution in [0.2, 0.25) is 0 Å². The normalized spacial score (nSPS) is 15.8. The highest BCUT2D eigenvalue weighted by Gasteiger charge is 2.17. The fourth-order valence-corrected chi connectivity index (χ4v) is 0.922. The lowest BCUT2D eigenvalue weighted by molar-refractivity contribution is 0.448. The van der Waals surface area contributed by atoms with E-state index in [9.17, 15) is 0 Å². The molecule has 9 heavy (non-hydrogen) atoms. The molecular weight excluding hydrogens is 112 g/mol. The Morgan fingerprint density at radius 3 is 2.44 bits per heavy atom. The Balaban J connectivity index is 1.94. The first-order valence-corrected chi connectivity index (χ1v) is 3.72. The molecule has 1 aliphatic rings. The van der Waals surface area contributed by atoms with Gasteiger partial charge in [-0.05, 0) is 13.3 Å². The fraction of sp³-hybridized carbons (Fsp3) is 0.750. The van der Waals surface area contributed by atoms with Crippen molar-refractivity contribution in [3.8, 4) is 0 Å². The summed E-state index contributed by atoms with van der Waals surface area (Å²) in [6, 6.07) is 0. The average molecular weight is 126 g/mol. The zero-order valence-corrected chi connectivity index (χ0v) is 6.24. The number of hydrogen-bond donors (Lipinski definition) is 0. The molecule has 0 spiro atoms. The van der Waals surface area contributed by atoms with E-state index in [0.29, 0.717) is 0 Å². The van der Waals surface area contributed by atoms with E-state index in [1.54, 1.807) is 0 Å². The summed E-state index contributed by atoms with van der Waals surface area (Å²) in [7, 11) is 0. The quantitative estimate of drug-likeness (QED) is 0.528. The maximum atomic E-state index is 5.10. The molecule has 0 radical (unpaired) electrons. The molecule has 0 aromatic heterocycles. The molecule has 0 aliphatic carbocycles. The summed E-state index contributed by atoms with van der Waals surface area (Å²) in [5.41, 5.74) is 0. The molecular formula is C8H14O. The van der Waals surface area contributed by atoms with Gasteiger partial charge in [-0.1, -0.05) is 19.8 Å². The molecule has 1 nitrogen and oxygen atoms in total. The molecule has 0 N–H and O–H groups in total. The molecule has 1 heterocycles. The van der Waals surface area contributed by atoms with E-state index in [2.05, 4.69) is 6.92 Å². The molecule has 0 fully saturated rings. The summed E-state index contributed by atoms with van der Waals surface area (Å²) in [6.07, 6.45) is 5.09. The number of unbranched alkanes of at least 4 members (excludes halogenated alkanes) is 2. The summed E-state index contributed by atoms with van der Waals surface area (Å²) in [6.45, 7) is 4.25. The predicted molar refractivity (Wildman–Crippen MR) is 37.9 cm³/mol. The monoisotopic (exact) mass is 126 g/mol. The lowest BCUT2D eigenvalue weighted by Gasteiger charge is -1.88. The molecule has 0 atom stereocenters. The SMILES string of the molecule is CCCCCC1=C(C)O1. The van der Waals surface area contributed by atoms with Crippen LogP contribution in [0.5, 0.6) is 0 Å². The second-order valence-corrected chi connectivity index (χ2v) is 2.54. The molecule has 1 aliphatic heterocycles. The molecule has 52 valence electrons. The predicted octanol–water partition coefficient (Wildman–Crippen LogP) is 2.83. The molecule has 1 heteroatoms. The largest absolute Gasteiger partial charge is 0.459 e. The van der Waals surface area contributed by atoms with Crippen LogP contribution < -0.4 is 0 Å². The smallest absolute Gasteiger partial charge is 0.142 e. The lowest BCUT2D eigenvalue weighted by atomic mass is 10.2. The summed E-state index contributed by atoms with van der Waals surface area (Å²) in [5, 5.41) is 0. The van der Waals surface area contributed by atoms with Crippen molar-refractivity contribution >= 4 is 0 Å². The van der Waals surface area contributed by atoms with Gasteiger partial charge in [-0.15, -0.1) is 0 Å². The van der Waals surface area contributed by atoms with Crippen LogP contribution in [0, 0.1) is 0 Å². The minimum Gasteiger partial charge on any atom is -0.459 e. The van der Waals surface area contributed by atoms with Gasteiger partial charge in [-0.25, -0.2) is 0 Å². The van der Waals surface area contributed by atoms with Crippen molar-refractivity contribution in [2.24, 2.45) is 0 Å². The Bertz CT molecular complexity index is 125. The van der Waals surface area contributed by atoms with Crippen LogP contribution in [-0.2, 0) is 4.74 Å². The Morgan fingerprint density at radius 2 is 2.00 bits per heavy atom. The highest BCUT2D eigenvalue weighted by atomic mass is 16.6. The molecule has 0 amide bonds. The number of rotatable bonds is 4. The van der Waals surface area contributed by atoms with Gasteiger partial charge in [0.15, 0.2) is 0 Å². The minimum absolute atomic E-state index is 1.16. The Morgan fingerprint density at radius 1 is 1.33 bits per heavy atom. The summed E-state index contributed by atoms with van der Waals surface area (Å²) < 4.78 is 5.10. The summed E-state index contributed by atoms with van der Waals surface area (Å²) >= 11 is 0. The topological polar surface area (TPSA) is 12.5 Å². The molecule has 0 unspecified atom stereocenters. The van der Waals surface area contributed by atoms with Crippen LogP contribution in [0.1, 0.15) is 39.5 Å². The zero-order valence-electron chi connectivity index (χ0n) is 6.24. The van der Waals surface area contributed by atoms with Gasteiger partial charge in [-0.3, -0.25) is 0 Å². The van der Waals surface area contributed by atoms with E-state index in [-0.39, 0.29) is 0 Å². The fourth-order valence-electron chi connectivity index (χ4n) is 0.922. The van der Waals surface area contributed by atoms with Gasteiger partial charge in [0.05, 0.1) is 0 Å². The molecule has 0 saturated carbocycles. The first-order chi connectivity index (χ1) is 4.34. The molecule has 1 rings (SSSR count). The highest BCUT2D eigenvalue weighted by Crippen LogP contribution is 2.29. The molecule has 0 bridgehead atoms. The summed E-state index contributed by atoms with van der Waals surface area (Å²) in [5.74, 6) is 2.40. The second-order valence-electron chi connectivity index (χ2n) is 2.54. The van der Waals surface area contributed by atoms with Crippen LogP contribution in [0.3, 0.4) is 0 Å². The van der Waals surface area contributed by atoms with Gasteiger partial charge >= 0.3 is 0 Å². The van der Waals surface area contributed by atoms with Crippen molar-refractivity contribution in [2.45, 2.75) is 39.5 Å². The van der Waals surface area contributed by atoms with Crippen LogP contribution in [0.25, 0.3) is 0 Å². The van der Waals surface area contributed by atoms with Crippen LogP contribution in [-0.4, -0.2) is 0 Å². The van der Waals surface area contributed by atoms with Crippen molar-refractivity contribution in [3.05, 3.63) is 11.5 Å². The van der Waals surface area contributed by atoms with Crippen molar-refractivity contribution in [1.82, 2.24) is 0 Å². The van der Waals surface area contributed by atoms with Crippen LogP contribution in [0.15, 0.2) is 11.5 Å². The van der Waals surface area contributed by atoms with Crippen molar-refractivity contribution in [1.29, 1.82) is 0 Å². The first kappa shape index (κ1) is 6.66. The van der Waals surface area contributed by atoms with Gasteiger partial charge in [0.1, 0.15) is 11.5 Å².